The molecule has 0 heterocycles. The summed E-state index contributed by atoms with van der Waals surface area (Å²) in [5.74, 6) is 0. The Hall–Kier alpha value is 0.702. The molecule has 0 rings (SSSR count). The normalized spacial score (nSPS) is 10.6. The molecule has 0 spiro atoms. The van der Waals surface area contributed by atoms with Gasteiger partial charge in [-0.15, -0.1) is 0 Å². The fourth-order valence-electron chi connectivity index (χ4n) is 0. The Labute approximate surface area is 124 Å². The first-order valence-corrected chi connectivity index (χ1v) is 5.17. The summed E-state index contributed by atoms with van der Waals surface area (Å²) >= 11 is 0. The van der Waals surface area contributed by atoms with Crippen LogP contribution in [0.5, 0.6) is 0 Å². The van der Waals surface area contributed by atoms with Gasteiger partial charge < -0.3 is 27.7 Å². The Kier molecular flexibility index (Phi) is 21.2. The molecule has 0 aliphatic heterocycles. The van der Waals surface area contributed by atoms with Crippen LogP contribution >= 0.6 is 0 Å². The SMILES string of the molecule is CC(C)(C)O.CC(C)(C)O.CC(C)(C)O.[Cl-].[Cr]. The zero-order chi connectivity index (χ0) is 13.5. The van der Waals surface area contributed by atoms with Crippen LogP contribution in [0.3, 0.4) is 0 Å². The van der Waals surface area contributed by atoms with Gasteiger partial charge in [-0.2, -0.15) is 0 Å². The number of hydrogen-bond acceptors (Lipinski definition) is 3. The van der Waals surface area contributed by atoms with Crippen LogP contribution in [0.25, 0.3) is 0 Å². The Morgan fingerprint density at radius 1 is 0.471 bits per heavy atom. The molecular weight excluding hydrogens is 280 g/mol. The average molecular weight is 310 g/mol. The molecule has 0 saturated carbocycles. The molecule has 17 heavy (non-hydrogen) atoms. The van der Waals surface area contributed by atoms with E-state index in [1.54, 1.807) is 62.3 Å². The molecule has 0 atom stereocenters. The Morgan fingerprint density at radius 2 is 0.471 bits per heavy atom. The number of aliphatic hydroxyl groups is 3. The van der Waals surface area contributed by atoms with Crippen molar-refractivity contribution in [3.63, 3.8) is 0 Å². The molecule has 0 saturated heterocycles. The molecule has 0 aliphatic carbocycles. The van der Waals surface area contributed by atoms with Gasteiger partial charge in [-0.3, -0.25) is 0 Å². The van der Waals surface area contributed by atoms with Gasteiger partial charge in [0.05, 0.1) is 16.8 Å². The molecule has 0 amide bonds. The van der Waals surface area contributed by atoms with Crippen LogP contribution in [0.4, 0.5) is 0 Å². The molecule has 0 aromatic carbocycles. The van der Waals surface area contributed by atoms with Gasteiger partial charge in [0, 0.05) is 17.4 Å². The summed E-state index contributed by atoms with van der Waals surface area (Å²) in [4.78, 5) is 0. The molecule has 0 aliphatic rings. The van der Waals surface area contributed by atoms with Crippen molar-refractivity contribution in [2.75, 3.05) is 0 Å². The third-order valence-corrected chi connectivity index (χ3v) is 0. The minimum Gasteiger partial charge on any atom is -1.00 e. The molecule has 3 nitrogen and oxygen atoms in total. The van der Waals surface area contributed by atoms with Crippen LogP contribution in [-0.2, 0) is 17.4 Å². The Bertz CT molecular complexity index is 96.8. The topological polar surface area (TPSA) is 60.7 Å². The van der Waals surface area contributed by atoms with Crippen LogP contribution < -0.4 is 12.4 Å². The quantitative estimate of drug-likeness (QED) is 0.556. The average Bonchev–Trinajstić information content (AvgIpc) is 1.41. The summed E-state index contributed by atoms with van der Waals surface area (Å²) in [6, 6.07) is 0. The van der Waals surface area contributed by atoms with Crippen molar-refractivity contribution in [3.05, 3.63) is 0 Å². The van der Waals surface area contributed by atoms with E-state index in [0.717, 1.165) is 0 Å². The van der Waals surface area contributed by atoms with Crippen LogP contribution in [0.2, 0.25) is 0 Å². The summed E-state index contributed by atoms with van der Waals surface area (Å²) in [6.45, 7) is 15.7. The summed E-state index contributed by atoms with van der Waals surface area (Å²) in [7, 11) is 0. The first-order chi connectivity index (χ1) is 6.00. The maximum Gasteiger partial charge on any atom is 0.0563 e. The van der Waals surface area contributed by atoms with Gasteiger partial charge >= 0.3 is 0 Å². The molecule has 0 aromatic rings. The molecule has 0 aromatic heterocycles. The standard InChI is InChI=1S/3C4H10O.ClH.Cr/c3*1-4(2,3)5;;/h3*5H,1-3H3;1H;/p-1. The molecule has 0 unspecified atom stereocenters. The molecule has 3 N–H and O–H groups in total. The first kappa shape index (κ1) is 30.6. The van der Waals surface area contributed by atoms with Crippen LogP contribution in [0.1, 0.15) is 62.3 Å². The van der Waals surface area contributed by atoms with Gasteiger partial charge in [-0.1, -0.05) is 0 Å². The zero-order valence-corrected chi connectivity index (χ0v) is 14.7. The summed E-state index contributed by atoms with van der Waals surface area (Å²) in [5, 5.41) is 25.6. The van der Waals surface area contributed by atoms with E-state index >= 15 is 0 Å². The summed E-state index contributed by atoms with van der Waals surface area (Å²) in [6.07, 6.45) is 0. The zero-order valence-electron chi connectivity index (χ0n) is 12.6. The fraction of sp³-hybridized carbons (Fsp3) is 1.00. The first-order valence-electron chi connectivity index (χ1n) is 5.17. The van der Waals surface area contributed by atoms with E-state index in [-0.39, 0.29) is 29.8 Å². The van der Waals surface area contributed by atoms with Gasteiger partial charge in [0.25, 0.3) is 0 Å². The van der Waals surface area contributed by atoms with E-state index < -0.39 is 16.8 Å². The summed E-state index contributed by atoms with van der Waals surface area (Å²) in [5.41, 5.74) is -1.50. The summed E-state index contributed by atoms with van der Waals surface area (Å²) < 4.78 is 0. The number of rotatable bonds is 0. The van der Waals surface area contributed by atoms with Gasteiger partial charge in [0.15, 0.2) is 0 Å². The van der Waals surface area contributed by atoms with Gasteiger partial charge in [0.1, 0.15) is 0 Å². The van der Waals surface area contributed by atoms with Crippen LogP contribution in [0.15, 0.2) is 0 Å². The minimum atomic E-state index is -0.500. The predicted molar refractivity (Wildman–Crippen MR) is 65.9 cm³/mol. The van der Waals surface area contributed by atoms with Crippen LogP contribution in [-0.4, -0.2) is 32.1 Å². The molecule has 5 heteroatoms. The van der Waals surface area contributed by atoms with Crippen molar-refractivity contribution in [1.82, 2.24) is 0 Å². The van der Waals surface area contributed by atoms with E-state index in [0.29, 0.717) is 0 Å². The van der Waals surface area contributed by atoms with Crippen molar-refractivity contribution < 1.29 is 45.1 Å². The molecule has 110 valence electrons. The van der Waals surface area contributed by atoms with Gasteiger partial charge in [-0.25, -0.2) is 0 Å². The molecule has 0 bridgehead atoms. The van der Waals surface area contributed by atoms with E-state index in [1.165, 1.54) is 0 Å². The van der Waals surface area contributed by atoms with E-state index in [2.05, 4.69) is 0 Å². The van der Waals surface area contributed by atoms with Crippen molar-refractivity contribution in [2.24, 2.45) is 0 Å². The fourth-order valence-corrected chi connectivity index (χ4v) is 0. The van der Waals surface area contributed by atoms with Gasteiger partial charge in [-0.05, 0) is 62.3 Å². The van der Waals surface area contributed by atoms with Gasteiger partial charge in [0.2, 0.25) is 0 Å². The molecular formula is C12H30ClCrO3-. The number of hydrogen-bond donors (Lipinski definition) is 3. The van der Waals surface area contributed by atoms with Crippen LogP contribution in [0, 0.1) is 0 Å². The Morgan fingerprint density at radius 3 is 0.471 bits per heavy atom. The smallest absolute Gasteiger partial charge is 0.0563 e. The maximum atomic E-state index is 8.52. The van der Waals surface area contributed by atoms with E-state index in [9.17, 15) is 0 Å². The third kappa shape index (κ3) is 7320. The third-order valence-electron chi connectivity index (χ3n) is 0. The largest absolute Gasteiger partial charge is 1.00 e. The number of halogens is 1. The van der Waals surface area contributed by atoms with Crippen molar-refractivity contribution >= 4 is 0 Å². The minimum absolute atomic E-state index is 0. The van der Waals surface area contributed by atoms with Crippen molar-refractivity contribution in [1.29, 1.82) is 0 Å². The van der Waals surface area contributed by atoms with E-state index in [4.69, 9.17) is 15.3 Å². The second-order valence-electron chi connectivity index (χ2n) is 6.51. The van der Waals surface area contributed by atoms with E-state index in [1.807, 2.05) is 0 Å². The maximum absolute atomic E-state index is 8.52. The predicted octanol–water partition coefficient (Wildman–Crippen LogP) is -0.667. The second-order valence-corrected chi connectivity index (χ2v) is 6.51. The van der Waals surface area contributed by atoms with Crippen molar-refractivity contribution in [2.45, 2.75) is 79.1 Å². The monoisotopic (exact) mass is 309 g/mol. The van der Waals surface area contributed by atoms with Crippen molar-refractivity contribution in [3.8, 4) is 0 Å². The molecule has 0 radical (unpaired) electrons. The molecule has 0 fully saturated rings. The Balaban J connectivity index is -0.0000000400. The second kappa shape index (κ2) is 11.8.